The van der Waals surface area contributed by atoms with E-state index in [-0.39, 0.29) is 56.8 Å². The number of nitro benzene ring substituents is 2. The number of hydrogen-bond acceptors (Lipinski definition) is 6. The van der Waals surface area contributed by atoms with Crippen LogP contribution in [0, 0.1) is 20.2 Å². The molecule has 0 amide bonds. The van der Waals surface area contributed by atoms with Crippen LogP contribution >= 0.6 is 0 Å². The molecule has 0 saturated heterocycles. The molecule has 0 radical (unpaired) electrons. The molecular formula is C35H34N2O6. The van der Waals surface area contributed by atoms with Gasteiger partial charge in [0.15, 0.2) is 11.5 Å². The van der Waals surface area contributed by atoms with Gasteiger partial charge in [-0.3, -0.25) is 20.2 Å². The minimum Gasteiger partial charge on any atom is -0.482 e. The molecule has 220 valence electrons. The quantitative estimate of drug-likeness (QED) is 0.154. The molecule has 4 aromatic carbocycles. The maximum Gasteiger partial charge on any atom is 0.311 e. The van der Waals surface area contributed by atoms with E-state index < -0.39 is 5.41 Å². The van der Waals surface area contributed by atoms with Gasteiger partial charge in [-0.2, -0.15) is 0 Å². The lowest BCUT2D eigenvalue weighted by Gasteiger charge is -2.30. The number of fused-ring (bicyclic) bond motifs is 4. The normalized spacial score (nSPS) is 16.8. The average molecular weight is 579 g/mol. The van der Waals surface area contributed by atoms with E-state index in [2.05, 4.69) is 27.7 Å². The second kappa shape index (κ2) is 10.2. The summed E-state index contributed by atoms with van der Waals surface area (Å²) in [4.78, 5) is 23.7. The Labute approximate surface area is 250 Å². The van der Waals surface area contributed by atoms with E-state index in [1.165, 1.54) is 0 Å². The number of nitro groups is 2. The number of nitrogens with zero attached hydrogens (tertiary/aromatic N) is 2. The Balaban J connectivity index is 1.50. The third-order valence-electron chi connectivity index (χ3n) is 9.04. The number of ether oxygens (including phenoxy) is 2. The van der Waals surface area contributed by atoms with Crippen LogP contribution in [-0.2, 0) is 29.5 Å². The van der Waals surface area contributed by atoms with E-state index in [4.69, 9.17) is 9.47 Å². The van der Waals surface area contributed by atoms with Crippen LogP contribution in [-0.4, -0.2) is 9.85 Å². The van der Waals surface area contributed by atoms with Gasteiger partial charge < -0.3 is 9.47 Å². The first-order chi connectivity index (χ1) is 20.4. The lowest BCUT2D eigenvalue weighted by Crippen LogP contribution is -2.27. The second-order valence-electron chi connectivity index (χ2n) is 13.0. The highest BCUT2D eigenvalue weighted by Gasteiger charge is 2.57. The van der Waals surface area contributed by atoms with E-state index in [0.717, 1.165) is 33.4 Å². The molecule has 43 heavy (non-hydrogen) atoms. The third kappa shape index (κ3) is 4.90. The zero-order valence-corrected chi connectivity index (χ0v) is 24.8. The fourth-order valence-corrected chi connectivity index (χ4v) is 7.32. The molecule has 0 aromatic heterocycles. The first-order valence-electron chi connectivity index (χ1n) is 14.4. The van der Waals surface area contributed by atoms with Crippen LogP contribution in [0.15, 0.2) is 84.9 Å². The van der Waals surface area contributed by atoms with Gasteiger partial charge in [-0.05, 0) is 69.2 Å². The van der Waals surface area contributed by atoms with Gasteiger partial charge in [-0.25, -0.2) is 0 Å². The molecule has 1 spiro atoms. The van der Waals surface area contributed by atoms with E-state index in [1.807, 2.05) is 72.8 Å². The smallest absolute Gasteiger partial charge is 0.311 e. The summed E-state index contributed by atoms with van der Waals surface area (Å²) >= 11 is 0. The molecule has 0 heterocycles. The zero-order valence-electron chi connectivity index (χ0n) is 24.8. The summed E-state index contributed by atoms with van der Waals surface area (Å²) in [7, 11) is 0. The van der Waals surface area contributed by atoms with Crippen molar-refractivity contribution in [3.63, 3.8) is 0 Å². The Morgan fingerprint density at radius 2 is 0.977 bits per heavy atom. The molecule has 0 fully saturated rings. The van der Waals surface area contributed by atoms with Crippen LogP contribution in [0.1, 0.15) is 73.9 Å². The predicted octanol–water partition coefficient (Wildman–Crippen LogP) is 8.31. The highest BCUT2D eigenvalue weighted by atomic mass is 16.6. The molecule has 0 aliphatic heterocycles. The van der Waals surface area contributed by atoms with Crippen LogP contribution < -0.4 is 9.47 Å². The molecule has 8 heteroatoms. The monoisotopic (exact) mass is 578 g/mol. The van der Waals surface area contributed by atoms with Crippen molar-refractivity contribution in [2.75, 3.05) is 0 Å². The Kier molecular flexibility index (Phi) is 6.75. The van der Waals surface area contributed by atoms with Crippen molar-refractivity contribution in [2.45, 2.75) is 70.0 Å². The molecule has 0 saturated carbocycles. The Bertz CT molecular complexity index is 1600. The molecule has 2 aliphatic carbocycles. The maximum absolute atomic E-state index is 12.2. The molecule has 0 N–H and O–H groups in total. The van der Waals surface area contributed by atoms with Crippen LogP contribution in [0.4, 0.5) is 11.4 Å². The lowest BCUT2D eigenvalue weighted by molar-refractivity contribution is -0.386. The van der Waals surface area contributed by atoms with Gasteiger partial charge in [-0.1, -0.05) is 88.4 Å². The highest BCUT2D eigenvalue weighted by molar-refractivity contribution is 5.68. The number of benzene rings is 4. The van der Waals surface area contributed by atoms with Gasteiger partial charge in [-0.15, -0.1) is 0 Å². The topological polar surface area (TPSA) is 105 Å². The van der Waals surface area contributed by atoms with Crippen molar-refractivity contribution in [2.24, 2.45) is 0 Å². The fraction of sp³-hybridized carbons (Fsp3) is 0.314. The second-order valence-corrected chi connectivity index (χ2v) is 13.0. The van der Waals surface area contributed by atoms with Gasteiger partial charge in [0.25, 0.3) is 0 Å². The van der Waals surface area contributed by atoms with Crippen molar-refractivity contribution in [3.8, 4) is 11.5 Å². The minimum absolute atomic E-state index is 0.0622. The highest BCUT2D eigenvalue weighted by Crippen LogP contribution is 2.64. The molecule has 0 atom stereocenters. The Morgan fingerprint density at radius 1 is 0.605 bits per heavy atom. The number of hydrogen-bond donors (Lipinski definition) is 0. The molecule has 0 unspecified atom stereocenters. The summed E-state index contributed by atoms with van der Waals surface area (Å²) in [6.45, 7) is 8.83. The van der Waals surface area contributed by atoms with Crippen molar-refractivity contribution in [3.05, 3.63) is 139 Å². The summed E-state index contributed by atoms with van der Waals surface area (Å²) in [5.74, 6) is 0.441. The lowest BCUT2D eigenvalue weighted by atomic mass is 9.72. The van der Waals surface area contributed by atoms with Crippen molar-refractivity contribution >= 4 is 11.4 Å². The third-order valence-corrected chi connectivity index (χ3v) is 9.04. The average Bonchev–Trinajstić information content (AvgIpc) is 3.33. The number of rotatable bonds is 8. The summed E-state index contributed by atoms with van der Waals surface area (Å²) in [5, 5.41) is 24.5. The van der Waals surface area contributed by atoms with E-state index in [9.17, 15) is 20.2 Å². The first-order valence-corrected chi connectivity index (χ1v) is 14.4. The molecule has 0 bridgehead atoms. The molecular weight excluding hydrogens is 544 g/mol. The van der Waals surface area contributed by atoms with Gasteiger partial charge in [0.2, 0.25) is 0 Å². The van der Waals surface area contributed by atoms with Crippen LogP contribution in [0.5, 0.6) is 11.5 Å². The maximum atomic E-state index is 12.2. The largest absolute Gasteiger partial charge is 0.482 e. The summed E-state index contributed by atoms with van der Waals surface area (Å²) in [6, 6.07) is 26.2. The van der Waals surface area contributed by atoms with Gasteiger partial charge in [0, 0.05) is 17.5 Å². The Morgan fingerprint density at radius 3 is 1.33 bits per heavy atom. The summed E-state index contributed by atoms with van der Waals surface area (Å²) in [6.07, 6.45) is 1.39. The van der Waals surface area contributed by atoms with E-state index in [1.54, 1.807) is 12.1 Å². The van der Waals surface area contributed by atoms with E-state index in [0.29, 0.717) is 12.8 Å². The van der Waals surface area contributed by atoms with Crippen LogP contribution in [0.2, 0.25) is 0 Å². The van der Waals surface area contributed by atoms with Gasteiger partial charge in [0.05, 0.1) is 9.85 Å². The van der Waals surface area contributed by atoms with E-state index >= 15 is 0 Å². The molecule has 8 nitrogen and oxygen atoms in total. The fourth-order valence-electron chi connectivity index (χ4n) is 7.32. The molecule has 2 aliphatic rings. The SMILES string of the molecule is CC1(C)CC2(CC(C)(C)c3cc([N+](=O)[O-])c(OCc4ccccc4)cc32)c2cc(OCc3ccccc3)c([N+](=O)[O-])cc21. The van der Waals surface area contributed by atoms with Gasteiger partial charge in [0.1, 0.15) is 13.2 Å². The van der Waals surface area contributed by atoms with Gasteiger partial charge >= 0.3 is 11.4 Å². The van der Waals surface area contributed by atoms with Crippen molar-refractivity contribution in [1.82, 2.24) is 0 Å². The minimum atomic E-state index is -0.530. The van der Waals surface area contributed by atoms with Crippen LogP contribution in [0.3, 0.4) is 0 Å². The molecule has 6 rings (SSSR count). The predicted molar refractivity (Wildman–Crippen MR) is 164 cm³/mol. The first kappa shape index (κ1) is 28.4. The van der Waals surface area contributed by atoms with Crippen LogP contribution in [0.25, 0.3) is 0 Å². The van der Waals surface area contributed by atoms with Crippen molar-refractivity contribution in [1.29, 1.82) is 0 Å². The Hall–Kier alpha value is -4.72. The molecule has 4 aromatic rings. The summed E-state index contributed by atoms with van der Waals surface area (Å²) < 4.78 is 12.3. The zero-order chi connectivity index (χ0) is 30.6. The van der Waals surface area contributed by atoms with Crippen molar-refractivity contribution < 1.29 is 19.3 Å². The summed E-state index contributed by atoms with van der Waals surface area (Å²) in [5.41, 5.74) is 4.14. The standard InChI is InChI=1S/C35H34N2O6/c1-33(2)21-35(27-17-31(29(36(38)39)15-25(27)33)42-19-23-11-7-5-8-12-23)22-34(3,4)26-16-30(37(40)41)32(18-28(26)35)43-20-24-13-9-6-10-14-24/h5-18H,19-22H2,1-4H3.